The number of amides is 1. The van der Waals surface area contributed by atoms with Gasteiger partial charge in [-0.25, -0.2) is 0 Å². The molecular formula is C24H39NO3. The number of hydrogen-bond acceptors (Lipinski definition) is 3. The van der Waals surface area contributed by atoms with Crippen molar-refractivity contribution in [1.82, 2.24) is 4.90 Å². The van der Waals surface area contributed by atoms with Gasteiger partial charge in [0.25, 0.3) is 0 Å². The SMILES string of the molecule is CCCC[C@](C)(O)C/C=C/[C@@H]1[C@H]2CC(/C=C/CCC(=O)N(C)C)=C[C@H]2C[C@H]1O. The molecule has 0 spiro atoms. The topological polar surface area (TPSA) is 60.8 Å². The van der Waals surface area contributed by atoms with E-state index in [0.717, 1.165) is 38.5 Å². The number of unbranched alkanes of at least 4 members (excludes halogenated alkanes) is 1. The normalized spacial score (nSPS) is 29.3. The van der Waals surface area contributed by atoms with Crippen LogP contribution in [0.25, 0.3) is 0 Å². The van der Waals surface area contributed by atoms with Crippen LogP contribution >= 0.6 is 0 Å². The summed E-state index contributed by atoms with van der Waals surface area (Å²) in [6.07, 6.45) is 17.2. The first-order chi connectivity index (χ1) is 13.2. The smallest absolute Gasteiger partial charge is 0.222 e. The number of carbonyl (C=O) groups excluding carboxylic acids is 1. The van der Waals surface area contributed by atoms with E-state index >= 15 is 0 Å². The van der Waals surface area contributed by atoms with Crippen molar-refractivity contribution in [2.45, 2.75) is 76.9 Å². The molecule has 0 bridgehead atoms. The molecule has 0 radical (unpaired) electrons. The van der Waals surface area contributed by atoms with Gasteiger partial charge < -0.3 is 15.1 Å². The first kappa shape index (κ1) is 22.9. The van der Waals surface area contributed by atoms with Crippen LogP contribution in [0.1, 0.15) is 65.2 Å². The zero-order valence-electron chi connectivity index (χ0n) is 18.1. The van der Waals surface area contributed by atoms with E-state index in [0.29, 0.717) is 24.7 Å². The van der Waals surface area contributed by atoms with Gasteiger partial charge in [-0.2, -0.15) is 0 Å². The van der Waals surface area contributed by atoms with E-state index in [2.05, 4.69) is 37.3 Å². The highest BCUT2D eigenvalue weighted by atomic mass is 16.3. The summed E-state index contributed by atoms with van der Waals surface area (Å²) < 4.78 is 0. The fourth-order valence-electron chi connectivity index (χ4n) is 4.47. The predicted molar refractivity (Wildman–Crippen MR) is 115 cm³/mol. The fourth-order valence-corrected chi connectivity index (χ4v) is 4.47. The second-order valence-electron chi connectivity index (χ2n) is 9.12. The summed E-state index contributed by atoms with van der Waals surface area (Å²) in [5.41, 5.74) is 0.675. The Hall–Kier alpha value is -1.39. The largest absolute Gasteiger partial charge is 0.392 e. The van der Waals surface area contributed by atoms with Crippen LogP contribution in [-0.2, 0) is 4.79 Å². The van der Waals surface area contributed by atoms with Crippen molar-refractivity contribution < 1.29 is 15.0 Å². The van der Waals surface area contributed by atoms with Crippen molar-refractivity contribution in [1.29, 1.82) is 0 Å². The third-order valence-electron chi connectivity index (χ3n) is 6.24. The molecule has 1 amide bonds. The standard InChI is InChI=1S/C24H39NO3/c1-5-6-13-24(2,28)14-9-11-20-21-16-18(15-19(21)17-22(20)26)10-7-8-12-23(27)25(3)4/h7,9-11,15,19-22,26,28H,5-6,8,12-14,16-17H2,1-4H3/b10-7+,11-9+/t19-,20+,21-,22+,24-/m0/s1. The molecule has 2 aliphatic rings. The molecule has 0 unspecified atom stereocenters. The maximum atomic E-state index is 11.6. The molecule has 0 saturated heterocycles. The highest BCUT2D eigenvalue weighted by molar-refractivity contribution is 5.75. The average Bonchev–Trinajstić information content (AvgIpc) is 3.14. The van der Waals surface area contributed by atoms with Crippen LogP contribution in [0.4, 0.5) is 0 Å². The Balaban J connectivity index is 1.84. The van der Waals surface area contributed by atoms with Crippen molar-refractivity contribution >= 4 is 5.91 Å². The lowest BCUT2D eigenvalue weighted by molar-refractivity contribution is -0.128. The molecule has 0 aromatic carbocycles. The van der Waals surface area contributed by atoms with E-state index in [1.807, 2.05) is 6.92 Å². The van der Waals surface area contributed by atoms with E-state index in [4.69, 9.17) is 0 Å². The zero-order valence-corrected chi connectivity index (χ0v) is 18.1. The number of allylic oxidation sites excluding steroid dienone is 4. The number of nitrogens with zero attached hydrogens (tertiary/aromatic N) is 1. The van der Waals surface area contributed by atoms with Crippen molar-refractivity contribution in [2.75, 3.05) is 14.1 Å². The summed E-state index contributed by atoms with van der Waals surface area (Å²) in [6, 6.07) is 0. The van der Waals surface area contributed by atoms with E-state index in [1.165, 1.54) is 5.57 Å². The van der Waals surface area contributed by atoms with E-state index in [9.17, 15) is 15.0 Å². The maximum Gasteiger partial charge on any atom is 0.222 e. The fraction of sp³-hybridized carbons (Fsp3) is 0.708. The van der Waals surface area contributed by atoms with Gasteiger partial charge in [0.15, 0.2) is 0 Å². The van der Waals surface area contributed by atoms with E-state index < -0.39 is 5.60 Å². The van der Waals surface area contributed by atoms with Gasteiger partial charge in [-0.05, 0) is 50.9 Å². The summed E-state index contributed by atoms with van der Waals surface area (Å²) in [4.78, 5) is 13.3. The molecular weight excluding hydrogens is 350 g/mol. The Morgan fingerprint density at radius 2 is 2.11 bits per heavy atom. The number of aliphatic hydroxyl groups is 2. The van der Waals surface area contributed by atoms with Crippen LogP contribution in [0.5, 0.6) is 0 Å². The van der Waals surface area contributed by atoms with Gasteiger partial charge in [0.2, 0.25) is 5.91 Å². The molecule has 2 rings (SSSR count). The molecule has 0 aromatic rings. The molecule has 1 fully saturated rings. The summed E-state index contributed by atoms with van der Waals surface area (Å²) in [6.45, 7) is 4.04. The third-order valence-corrected chi connectivity index (χ3v) is 6.24. The maximum absolute atomic E-state index is 11.6. The lowest BCUT2D eigenvalue weighted by atomic mass is 9.88. The van der Waals surface area contributed by atoms with Gasteiger partial charge in [-0.3, -0.25) is 4.79 Å². The Morgan fingerprint density at radius 1 is 1.36 bits per heavy atom. The first-order valence-electron chi connectivity index (χ1n) is 10.9. The van der Waals surface area contributed by atoms with Crippen LogP contribution in [0, 0.1) is 17.8 Å². The quantitative estimate of drug-likeness (QED) is 0.549. The highest BCUT2D eigenvalue weighted by Crippen LogP contribution is 2.47. The van der Waals surface area contributed by atoms with Gasteiger partial charge >= 0.3 is 0 Å². The zero-order chi connectivity index (χ0) is 20.7. The molecule has 158 valence electrons. The minimum Gasteiger partial charge on any atom is -0.392 e. The van der Waals surface area contributed by atoms with Crippen LogP contribution in [0.2, 0.25) is 0 Å². The molecule has 5 atom stereocenters. The predicted octanol–water partition coefficient (Wildman–Crippen LogP) is 4.24. The van der Waals surface area contributed by atoms with Gasteiger partial charge in [0.1, 0.15) is 0 Å². The molecule has 4 nitrogen and oxygen atoms in total. The Morgan fingerprint density at radius 3 is 2.79 bits per heavy atom. The molecule has 2 N–H and O–H groups in total. The minimum atomic E-state index is -0.652. The van der Waals surface area contributed by atoms with Crippen LogP contribution in [-0.4, -0.2) is 46.8 Å². The van der Waals surface area contributed by atoms with Crippen molar-refractivity contribution in [3.8, 4) is 0 Å². The second-order valence-corrected chi connectivity index (χ2v) is 9.12. The van der Waals surface area contributed by atoms with Crippen LogP contribution < -0.4 is 0 Å². The number of hydrogen-bond donors (Lipinski definition) is 2. The summed E-state index contributed by atoms with van der Waals surface area (Å²) in [7, 11) is 3.57. The van der Waals surface area contributed by atoms with Crippen LogP contribution in [0.15, 0.2) is 36.0 Å². The monoisotopic (exact) mass is 389 g/mol. The van der Waals surface area contributed by atoms with E-state index in [-0.39, 0.29) is 17.9 Å². The molecule has 1 saturated carbocycles. The lowest BCUT2D eigenvalue weighted by Crippen LogP contribution is -2.23. The van der Waals surface area contributed by atoms with Gasteiger partial charge in [-0.1, -0.05) is 55.7 Å². The molecule has 2 aliphatic carbocycles. The van der Waals surface area contributed by atoms with Gasteiger partial charge in [0.05, 0.1) is 11.7 Å². The third kappa shape index (κ3) is 6.59. The summed E-state index contributed by atoms with van der Waals surface area (Å²) in [5, 5.41) is 20.9. The van der Waals surface area contributed by atoms with Gasteiger partial charge in [-0.15, -0.1) is 0 Å². The molecule has 0 aliphatic heterocycles. The molecule has 4 heteroatoms. The van der Waals surface area contributed by atoms with Gasteiger partial charge in [0, 0.05) is 26.4 Å². The van der Waals surface area contributed by atoms with Crippen molar-refractivity contribution in [2.24, 2.45) is 17.8 Å². The minimum absolute atomic E-state index is 0.157. The van der Waals surface area contributed by atoms with Crippen molar-refractivity contribution in [3.05, 3.63) is 36.0 Å². The van der Waals surface area contributed by atoms with E-state index in [1.54, 1.807) is 19.0 Å². The number of aliphatic hydroxyl groups excluding tert-OH is 1. The molecule has 0 heterocycles. The summed E-state index contributed by atoms with van der Waals surface area (Å²) >= 11 is 0. The Bertz CT molecular complexity index is 603. The number of fused-ring (bicyclic) bond motifs is 1. The second kappa shape index (κ2) is 10.4. The molecule has 0 aromatic heterocycles. The Kier molecular flexibility index (Phi) is 8.51. The number of rotatable bonds is 10. The summed E-state index contributed by atoms with van der Waals surface area (Å²) in [5.74, 6) is 1.22. The lowest BCUT2D eigenvalue weighted by Gasteiger charge is -2.22. The Labute approximate surface area is 171 Å². The molecule has 28 heavy (non-hydrogen) atoms. The first-order valence-corrected chi connectivity index (χ1v) is 10.9. The number of carbonyl (C=O) groups is 1. The average molecular weight is 390 g/mol. The van der Waals surface area contributed by atoms with Crippen molar-refractivity contribution in [3.63, 3.8) is 0 Å². The highest BCUT2D eigenvalue weighted by Gasteiger charge is 2.42. The van der Waals surface area contributed by atoms with Crippen LogP contribution in [0.3, 0.4) is 0 Å².